The van der Waals surface area contributed by atoms with E-state index < -0.39 is 35.2 Å². The number of aryl methyl sites for hydroxylation is 6. The molecule has 16 rings (SSSR count). The summed E-state index contributed by atoms with van der Waals surface area (Å²) in [6.07, 6.45) is -14.4. The second kappa shape index (κ2) is 22.4. The minimum atomic E-state index is -4.99. The first-order valence-electron chi connectivity index (χ1n) is 31.2. The Morgan fingerprint density at radius 2 is 0.604 bits per heavy atom. The monoisotopic (exact) mass is 1280 g/mol. The Labute approximate surface area is 544 Å². The van der Waals surface area contributed by atoms with E-state index in [1.807, 2.05) is 135 Å². The van der Waals surface area contributed by atoms with E-state index in [4.69, 9.17) is 0 Å². The number of aromatic nitrogens is 4. The van der Waals surface area contributed by atoms with Crippen LogP contribution in [0.15, 0.2) is 231 Å². The van der Waals surface area contributed by atoms with Crippen LogP contribution in [0.5, 0.6) is 0 Å². The zero-order valence-electron chi connectivity index (χ0n) is 52.6. The molecule has 96 heavy (non-hydrogen) atoms. The molecule has 0 radical (unpaired) electrons. The van der Waals surface area contributed by atoms with E-state index in [1.54, 1.807) is 78.2 Å². The molecule has 0 spiro atoms. The first-order chi connectivity index (χ1) is 46.0. The van der Waals surface area contributed by atoms with Gasteiger partial charge in [0.2, 0.25) is 0 Å². The number of fused-ring (bicyclic) bond motifs is 12. The molecule has 0 atom stereocenters. The number of hydrogen-bond donors (Lipinski definition) is 0. The zero-order valence-corrected chi connectivity index (χ0v) is 52.6. The predicted octanol–water partition coefficient (Wildman–Crippen LogP) is 23.9. The summed E-state index contributed by atoms with van der Waals surface area (Å²) in [7, 11) is 0. The van der Waals surface area contributed by atoms with Crippen molar-refractivity contribution in [2.45, 2.75) is 60.1 Å². The van der Waals surface area contributed by atoms with Gasteiger partial charge in [-0.2, -0.15) is 44.8 Å². The van der Waals surface area contributed by atoms with Crippen molar-refractivity contribution in [2.75, 3.05) is 0 Å². The van der Waals surface area contributed by atoms with E-state index in [9.17, 15) is 31.6 Å². The second-order valence-corrected chi connectivity index (χ2v) is 24.8. The van der Waals surface area contributed by atoms with Crippen LogP contribution >= 0.6 is 0 Å². The van der Waals surface area contributed by atoms with Gasteiger partial charge in [0.1, 0.15) is 17.2 Å². The van der Waals surface area contributed by atoms with Gasteiger partial charge in [0.15, 0.2) is 0 Å². The quantitative estimate of drug-likeness (QED) is 0.153. The van der Waals surface area contributed by atoms with E-state index in [0.29, 0.717) is 55.3 Å². The van der Waals surface area contributed by atoms with E-state index in [1.165, 1.54) is 41.8 Å². The van der Waals surface area contributed by atoms with Crippen molar-refractivity contribution < 1.29 is 39.5 Å². The van der Waals surface area contributed by atoms with Crippen molar-refractivity contribution in [2.24, 2.45) is 0 Å². The fourth-order valence-electron chi connectivity index (χ4n) is 14.7. The average molecular weight is 1280 g/mol. The summed E-state index contributed by atoms with van der Waals surface area (Å²) in [5.41, 5.74) is 8.09. The lowest BCUT2D eigenvalue weighted by molar-refractivity contribution is -0.138. The highest BCUT2D eigenvalue weighted by Gasteiger charge is 2.43. The molecule has 0 unspecified atom stereocenters. The molecular formula is C82H56F9N5. The van der Waals surface area contributed by atoms with E-state index >= 15 is 13.2 Å². The van der Waals surface area contributed by atoms with Gasteiger partial charge in [-0.1, -0.05) is 156 Å². The summed E-state index contributed by atoms with van der Waals surface area (Å²) in [6, 6.07) is 70.3. The molecule has 0 aliphatic heterocycles. The molecular weight excluding hydrogens is 1230 g/mol. The molecule has 14 heteroatoms. The molecule has 0 saturated heterocycles. The maximum absolute atomic E-state index is 16.1. The highest BCUT2D eigenvalue weighted by Crippen LogP contribution is 2.52. The van der Waals surface area contributed by atoms with Gasteiger partial charge < -0.3 is 18.3 Å². The van der Waals surface area contributed by atoms with Crippen molar-refractivity contribution >= 4 is 87.2 Å². The Hall–Kier alpha value is -11.3. The minimum Gasteiger partial charge on any atom is -0.309 e. The van der Waals surface area contributed by atoms with E-state index in [-0.39, 0.29) is 39.2 Å². The standard InChI is InChI=1S/C41H28F6N2.C41H28F3N3/c1-23-15-18-34-29(21-23)26-10-4-6-13-32(26)48(34)36-20-17-28(37-25(3)9-8-12-31(37)40(42,43)44)39(38(36)41(45,46)47)49-33-14-7-5-11-27(33)30-22-24(2)16-19-35(30)49;1-24-15-18-36-30(21-24)27-10-4-6-13-34(27)46(36)38-20-17-29(39-26(3)9-8-12-33(39)41(42,43)44)40(32(38)23-45)47-35-14-7-5-11-28(35)31-22-25(2)16-19-37(31)47/h4-22H,1-3H3;4-22H,1-3H3. The van der Waals surface area contributed by atoms with Crippen LogP contribution < -0.4 is 0 Å². The molecule has 5 nitrogen and oxygen atoms in total. The largest absolute Gasteiger partial charge is 0.420 e. The third kappa shape index (κ3) is 9.69. The van der Waals surface area contributed by atoms with Crippen LogP contribution in [0.2, 0.25) is 0 Å². The maximum atomic E-state index is 16.1. The molecule has 0 saturated carbocycles. The van der Waals surface area contributed by atoms with Gasteiger partial charge in [-0.05, 0) is 161 Å². The third-order valence-corrected chi connectivity index (χ3v) is 18.6. The molecule has 0 aliphatic carbocycles. The van der Waals surface area contributed by atoms with Gasteiger partial charge in [0, 0.05) is 54.2 Å². The third-order valence-electron chi connectivity index (χ3n) is 18.6. The molecule has 0 fully saturated rings. The number of halogens is 9. The van der Waals surface area contributed by atoms with Gasteiger partial charge in [-0.3, -0.25) is 0 Å². The van der Waals surface area contributed by atoms with Crippen LogP contribution in [-0.4, -0.2) is 18.3 Å². The smallest absolute Gasteiger partial charge is 0.309 e. The first kappa shape index (κ1) is 60.9. The number of nitriles is 1. The summed E-state index contributed by atoms with van der Waals surface area (Å²) in [5, 5.41) is 18.1. The summed E-state index contributed by atoms with van der Waals surface area (Å²) in [6.45, 7) is 11.1. The van der Waals surface area contributed by atoms with Crippen LogP contribution in [-0.2, 0) is 18.5 Å². The fourth-order valence-corrected chi connectivity index (χ4v) is 14.7. The highest BCUT2D eigenvalue weighted by atomic mass is 19.4. The number of nitrogens with zero attached hydrogens (tertiary/aromatic N) is 5. The summed E-state index contributed by atoms with van der Waals surface area (Å²) in [4.78, 5) is 0. The lowest BCUT2D eigenvalue weighted by atomic mass is 9.90. The Morgan fingerprint density at radius 1 is 0.292 bits per heavy atom. The molecule has 16 aromatic rings. The second-order valence-electron chi connectivity index (χ2n) is 24.8. The van der Waals surface area contributed by atoms with Crippen molar-refractivity contribution in [1.82, 2.24) is 18.3 Å². The molecule has 12 aromatic carbocycles. The number of hydrogen-bond acceptors (Lipinski definition) is 1. The molecule has 472 valence electrons. The van der Waals surface area contributed by atoms with Gasteiger partial charge >= 0.3 is 18.5 Å². The van der Waals surface area contributed by atoms with E-state index in [0.717, 1.165) is 88.8 Å². The number of para-hydroxylation sites is 4. The van der Waals surface area contributed by atoms with Crippen LogP contribution in [0, 0.1) is 52.9 Å². The lowest BCUT2D eigenvalue weighted by Gasteiger charge is -2.26. The number of alkyl halides is 9. The van der Waals surface area contributed by atoms with Gasteiger partial charge in [0.25, 0.3) is 0 Å². The van der Waals surface area contributed by atoms with Gasteiger partial charge in [0.05, 0.1) is 78.0 Å². The molecule has 4 heterocycles. The summed E-state index contributed by atoms with van der Waals surface area (Å²) in [5.74, 6) is 0. The summed E-state index contributed by atoms with van der Waals surface area (Å²) >= 11 is 0. The first-order valence-corrected chi connectivity index (χ1v) is 31.2. The van der Waals surface area contributed by atoms with Crippen LogP contribution in [0.3, 0.4) is 0 Å². The maximum Gasteiger partial charge on any atom is 0.420 e. The summed E-state index contributed by atoms with van der Waals surface area (Å²) < 4.78 is 144. The van der Waals surface area contributed by atoms with Crippen molar-refractivity contribution in [3.05, 3.63) is 286 Å². The molecule has 0 amide bonds. The fraction of sp³-hybridized carbons (Fsp3) is 0.110. The van der Waals surface area contributed by atoms with Crippen LogP contribution in [0.1, 0.15) is 55.6 Å². The normalized spacial score (nSPS) is 12.3. The lowest BCUT2D eigenvalue weighted by Crippen LogP contribution is -2.18. The zero-order chi connectivity index (χ0) is 67.0. The van der Waals surface area contributed by atoms with Gasteiger partial charge in [-0.15, -0.1) is 0 Å². The topological polar surface area (TPSA) is 43.5 Å². The Morgan fingerprint density at radius 3 is 0.969 bits per heavy atom. The minimum absolute atomic E-state index is 0.0638. The predicted molar refractivity (Wildman–Crippen MR) is 369 cm³/mol. The van der Waals surface area contributed by atoms with Gasteiger partial charge in [-0.25, -0.2) is 0 Å². The number of benzene rings is 12. The SMILES string of the molecule is Cc1ccc2c(c1)c1ccccc1n2-c1ccc(-c2c(C)cccc2C(F)(F)F)c(-n2c3ccccc3c3cc(C)ccc32)c1C#N.Cc1ccc2c(c1)c1ccccc1n2-c1ccc(-c2c(C)cccc2C(F)(F)F)c(-n2c3ccccc3c3cc(C)ccc32)c1C(F)(F)F. The van der Waals surface area contributed by atoms with Crippen molar-refractivity contribution in [1.29, 1.82) is 5.26 Å². The molecule has 0 N–H and O–H groups in total. The Balaban J connectivity index is 0.000000158. The van der Waals surface area contributed by atoms with Crippen LogP contribution in [0.4, 0.5) is 39.5 Å². The molecule has 0 aliphatic rings. The average Bonchev–Trinajstić information content (AvgIpc) is 1.51. The Kier molecular flexibility index (Phi) is 14.2. The number of rotatable bonds is 6. The Bertz CT molecular complexity index is 5960. The highest BCUT2D eigenvalue weighted by molar-refractivity contribution is 6.14. The van der Waals surface area contributed by atoms with Crippen molar-refractivity contribution in [3.63, 3.8) is 0 Å². The van der Waals surface area contributed by atoms with Crippen LogP contribution in [0.25, 0.3) is 132 Å². The van der Waals surface area contributed by atoms with Crippen molar-refractivity contribution in [3.8, 4) is 51.1 Å². The molecule has 4 aromatic heterocycles. The van der Waals surface area contributed by atoms with E-state index in [2.05, 4.69) is 28.8 Å². The molecule has 0 bridgehead atoms.